The Morgan fingerprint density at radius 1 is 1.00 bits per heavy atom. The molecule has 14 heavy (non-hydrogen) atoms. The molecule has 1 unspecified atom stereocenters. The van der Waals surface area contributed by atoms with Crippen molar-refractivity contribution in [2.24, 2.45) is 5.73 Å². The normalized spacial score (nSPS) is 23.8. The number of hydrogen-bond donors (Lipinski definition) is 1. The van der Waals surface area contributed by atoms with E-state index in [0.29, 0.717) is 12.1 Å². The van der Waals surface area contributed by atoms with Crippen molar-refractivity contribution in [2.45, 2.75) is 39.3 Å². The van der Waals surface area contributed by atoms with Gasteiger partial charge in [0, 0.05) is 31.7 Å². The average molecular weight is 199 g/mol. The number of rotatable bonds is 3. The summed E-state index contributed by atoms with van der Waals surface area (Å²) in [5, 5.41) is 0. The minimum atomic E-state index is 0.544. The fourth-order valence-corrected chi connectivity index (χ4v) is 2.06. The minimum absolute atomic E-state index is 0.544. The van der Waals surface area contributed by atoms with Crippen molar-refractivity contribution in [1.29, 1.82) is 0 Å². The molecule has 2 N–H and O–H groups in total. The van der Waals surface area contributed by atoms with Gasteiger partial charge >= 0.3 is 0 Å². The van der Waals surface area contributed by atoms with Crippen LogP contribution in [0.2, 0.25) is 0 Å². The predicted octanol–water partition coefficient (Wildman–Crippen LogP) is 0.750. The molecule has 0 saturated carbocycles. The highest BCUT2D eigenvalue weighted by Gasteiger charge is 2.19. The van der Waals surface area contributed by atoms with E-state index in [-0.39, 0.29) is 0 Å². The summed E-state index contributed by atoms with van der Waals surface area (Å²) >= 11 is 0. The monoisotopic (exact) mass is 199 g/mol. The quantitative estimate of drug-likeness (QED) is 0.728. The molecule has 1 heterocycles. The molecule has 0 aromatic rings. The highest BCUT2D eigenvalue weighted by molar-refractivity contribution is 4.75. The van der Waals surface area contributed by atoms with Gasteiger partial charge in [0.1, 0.15) is 0 Å². The molecule has 0 bridgehead atoms. The highest BCUT2D eigenvalue weighted by atomic mass is 15.2. The molecular weight excluding hydrogens is 174 g/mol. The summed E-state index contributed by atoms with van der Waals surface area (Å²) in [6, 6.07) is 1.23. The van der Waals surface area contributed by atoms with Gasteiger partial charge in [0.2, 0.25) is 0 Å². The summed E-state index contributed by atoms with van der Waals surface area (Å²) < 4.78 is 0. The van der Waals surface area contributed by atoms with E-state index < -0.39 is 0 Å². The lowest BCUT2D eigenvalue weighted by molar-refractivity contribution is 0.197. The Bertz CT molecular complexity index is 159. The molecule has 1 fully saturated rings. The summed E-state index contributed by atoms with van der Waals surface area (Å²) in [5.74, 6) is 0. The third-order valence-electron chi connectivity index (χ3n) is 3.26. The maximum absolute atomic E-state index is 5.69. The third kappa shape index (κ3) is 3.23. The Hall–Kier alpha value is -0.120. The second-order valence-corrected chi connectivity index (χ2v) is 4.60. The highest BCUT2D eigenvalue weighted by Crippen LogP contribution is 2.08. The van der Waals surface area contributed by atoms with Crippen LogP contribution in [-0.4, -0.2) is 54.6 Å². The van der Waals surface area contributed by atoms with Crippen molar-refractivity contribution >= 4 is 0 Å². The summed E-state index contributed by atoms with van der Waals surface area (Å²) in [5.41, 5.74) is 5.69. The first-order valence-corrected chi connectivity index (χ1v) is 5.83. The zero-order valence-corrected chi connectivity index (χ0v) is 9.87. The fourth-order valence-electron chi connectivity index (χ4n) is 2.06. The maximum Gasteiger partial charge on any atom is 0.0190 e. The second kappa shape index (κ2) is 5.69. The molecule has 84 valence electrons. The first kappa shape index (κ1) is 12.0. The van der Waals surface area contributed by atoms with E-state index in [1.54, 1.807) is 0 Å². The number of nitrogens with zero attached hydrogens (tertiary/aromatic N) is 2. The van der Waals surface area contributed by atoms with Gasteiger partial charge in [-0.05, 0) is 40.3 Å². The van der Waals surface area contributed by atoms with Crippen molar-refractivity contribution in [2.75, 3.05) is 32.7 Å². The second-order valence-electron chi connectivity index (χ2n) is 4.60. The van der Waals surface area contributed by atoms with Gasteiger partial charge in [0.05, 0.1) is 0 Å². The predicted molar refractivity (Wildman–Crippen MR) is 61.4 cm³/mol. The lowest BCUT2D eigenvalue weighted by Gasteiger charge is -2.27. The zero-order chi connectivity index (χ0) is 10.6. The Morgan fingerprint density at radius 3 is 2.14 bits per heavy atom. The molecule has 3 nitrogen and oxygen atoms in total. The lowest BCUT2D eigenvalue weighted by Crippen LogP contribution is -2.41. The largest absolute Gasteiger partial charge is 0.329 e. The van der Waals surface area contributed by atoms with Gasteiger partial charge in [-0.1, -0.05) is 0 Å². The van der Waals surface area contributed by atoms with Crippen LogP contribution in [0.25, 0.3) is 0 Å². The zero-order valence-electron chi connectivity index (χ0n) is 9.87. The van der Waals surface area contributed by atoms with E-state index in [4.69, 9.17) is 5.73 Å². The number of nitrogens with two attached hydrogens (primary N) is 1. The SMILES string of the molecule is CC(C)N1CCCN(C(C)CN)CC1. The van der Waals surface area contributed by atoms with Crippen molar-refractivity contribution in [3.63, 3.8) is 0 Å². The molecule has 1 atom stereocenters. The number of hydrogen-bond acceptors (Lipinski definition) is 3. The Morgan fingerprint density at radius 2 is 1.57 bits per heavy atom. The van der Waals surface area contributed by atoms with E-state index in [2.05, 4.69) is 30.6 Å². The van der Waals surface area contributed by atoms with Gasteiger partial charge in [-0.15, -0.1) is 0 Å². The van der Waals surface area contributed by atoms with E-state index in [1.165, 1.54) is 32.6 Å². The van der Waals surface area contributed by atoms with Crippen molar-refractivity contribution in [3.05, 3.63) is 0 Å². The topological polar surface area (TPSA) is 32.5 Å². The molecular formula is C11H25N3. The van der Waals surface area contributed by atoms with E-state index in [0.717, 1.165) is 6.54 Å². The standard InChI is InChI=1S/C11H25N3/c1-10(2)13-5-4-6-14(8-7-13)11(3)9-12/h10-11H,4-9,12H2,1-3H3. The average Bonchev–Trinajstić information content (AvgIpc) is 2.41. The minimum Gasteiger partial charge on any atom is -0.329 e. The van der Waals surface area contributed by atoms with Gasteiger partial charge in [0.15, 0.2) is 0 Å². The first-order chi connectivity index (χ1) is 6.65. The maximum atomic E-state index is 5.69. The van der Waals surface area contributed by atoms with Crippen molar-refractivity contribution in [3.8, 4) is 0 Å². The van der Waals surface area contributed by atoms with Crippen LogP contribution in [0.5, 0.6) is 0 Å². The Balaban J connectivity index is 2.40. The van der Waals surface area contributed by atoms with Crippen molar-refractivity contribution < 1.29 is 0 Å². The Kier molecular flexibility index (Phi) is 4.85. The van der Waals surface area contributed by atoms with Crippen LogP contribution in [0.3, 0.4) is 0 Å². The molecule has 0 amide bonds. The molecule has 1 rings (SSSR count). The third-order valence-corrected chi connectivity index (χ3v) is 3.26. The van der Waals surface area contributed by atoms with Crippen LogP contribution in [-0.2, 0) is 0 Å². The van der Waals surface area contributed by atoms with E-state index in [9.17, 15) is 0 Å². The molecule has 0 radical (unpaired) electrons. The molecule has 1 aliphatic heterocycles. The van der Waals surface area contributed by atoms with Crippen LogP contribution >= 0.6 is 0 Å². The fraction of sp³-hybridized carbons (Fsp3) is 1.00. The molecule has 0 aromatic heterocycles. The first-order valence-electron chi connectivity index (χ1n) is 5.83. The van der Waals surface area contributed by atoms with Gasteiger partial charge in [-0.25, -0.2) is 0 Å². The summed E-state index contributed by atoms with van der Waals surface area (Å²) in [4.78, 5) is 5.08. The smallest absolute Gasteiger partial charge is 0.0190 e. The lowest BCUT2D eigenvalue weighted by atomic mass is 10.2. The van der Waals surface area contributed by atoms with Crippen LogP contribution in [0.4, 0.5) is 0 Å². The van der Waals surface area contributed by atoms with E-state index in [1.807, 2.05) is 0 Å². The molecule has 0 aromatic carbocycles. The van der Waals surface area contributed by atoms with Crippen molar-refractivity contribution in [1.82, 2.24) is 9.80 Å². The van der Waals surface area contributed by atoms with Crippen LogP contribution in [0.15, 0.2) is 0 Å². The van der Waals surface area contributed by atoms with Gasteiger partial charge in [0.25, 0.3) is 0 Å². The van der Waals surface area contributed by atoms with Crippen LogP contribution < -0.4 is 5.73 Å². The van der Waals surface area contributed by atoms with Gasteiger partial charge in [-0.2, -0.15) is 0 Å². The molecule has 1 saturated heterocycles. The van der Waals surface area contributed by atoms with Gasteiger partial charge < -0.3 is 5.73 Å². The van der Waals surface area contributed by atoms with Crippen LogP contribution in [0, 0.1) is 0 Å². The molecule has 0 spiro atoms. The molecule has 0 aliphatic carbocycles. The van der Waals surface area contributed by atoms with E-state index >= 15 is 0 Å². The van der Waals surface area contributed by atoms with Gasteiger partial charge in [-0.3, -0.25) is 9.80 Å². The molecule has 3 heteroatoms. The van der Waals surface area contributed by atoms with Crippen LogP contribution in [0.1, 0.15) is 27.2 Å². The molecule has 1 aliphatic rings. The Labute approximate surface area is 88.2 Å². The summed E-state index contributed by atoms with van der Waals surface area (Å²) in [6.07, 6.45) is 1.28. The summed E-state index contributed by atoms with van der Waals surface area (Å²) in [6.45, 7) is 12.4. The summed E-state index contributed by atoms with van der Waals surface area (Å²) in [7, 11) is 0.